The number of nitrogens with one attached hydrogen (secondary N) is 1. The van der Waals surface area contributed by atoms with Gasteiger partial charge >= 0.3 is 6.36 Å². The molecular weight excluding hydrogens is 247 g/mol. The van der Waals surface area contributed by atoms with Crippen molar-refractivity contribution in [3.05, 3.63) is 36.1 Å². The van der Waals surface area contributed by atoms with Crippen LogP contribution in [0.15, 0.2) is 30.5 Å². The zero-order valence-electron chi connectivity index (χ0n) is 9.62. The van der Waals surface area contributed by atoms with Crippen molar-refractivity contribution >= 4 is 5.70 Å². The first-order valence-electron chi connectivity index (χ1n) is 5.46. The Morgan fingerprint density at radius 3 is 2.44 bits per heavy atom. The molecule has 0 radical (unpaired) electrons. The van der Waals surface area contributed by atoms with Crippen LogP contribution in [0, 0.1) is 0 Å². The fourth-order valence-electron chi connectivity index (χ4n) is 1.58. The van der Waals surface area contributed by atoms with E-state index in [1.54, 1.807) is 18.4 Å². The smallest absolute Gasteiger partial charge is 0.476 e. The number of alkyl halides is 3. The molecule has 0 amide bonds. The summed E-state index contributed by atoms with van der Waals surface area (Å²) in [6.07, 6.45) is -2.38. The van der Waals surface area contributed by atoms with E-state index in [0.29, 0.717) is 0 Å². The molecule has 1 aliphatic rings. The van der Waals surface area contributed by atoms with Gasteiger partial charge in [0.1, 0.15) is 12.0 Å². The van der Waals surface area contributed by atoms with Gasteiger partial charge in [-0.25, -0.2) is 0 Å². The van der Waals surface area contributed by atoms with Crippen molar-refractivity contribution in [2.24, 2.45) is 0 Å². The fourth-order valence-corrected chi connectivity index (χ4v) is 1.58. The first-order chi connectivity index (χ1) is 8.48. The van der Waals surface area contributed by atoms with E-state index in [9.17, 15) is 13.2 Å². The predicted octanol–water partition coefficient (Wildman–Crippen LogP) is 3.24. The van der Waals surface area contributed by atoms with Crippen molar-refractivity contribution in [1.82, 2.24) is 5.32 Å². The molecule has 1 N–H and O–H groups in total. The molecule has 0 saturated heterocycles. The van der Waals surface area contributed by atoms with Gasteiger partial charge in [-0.05, 0) is 24.3 Å². The maximum absolute atomic E-state index is 12.0. The first-order valence-corrected chi connectivity index (χ1v) is 5.46. The van der Waals surface area contributed by atoms with E-state index >= 15 is 0 Å². The molecule has 1 unspecified atom stereocenters. The van der Waals surface area contributed by atoms with Gasteiger partial charge in [0, 0.05) is 12.0 Å². The maximum Gasteiger partial charge on any atom is 0.573 e. The molecule has 1 atom stereocenters. The lowest BCUT2D eigenvalue weighted by molar-refractivity contribution is -0.274. The van der Waals surface area contributed by atoms with Gasteiger partial charge in [0.25, 0.3) is 0 Å². The average molecular weight is 259 g/mol. The van der Waals surface area contributed by atoms with Gasteiger partial charge in [-0.1, -0.05) is 6.92 Å². The monoisotopic (exact) mass is 259 g/mol. The summed E-state index contributed by atoms with van der Waals surface area (Å²) < 4.78 is 45.0. The Hall–Kier alpha value is -1.85. The number of rotatable bonds is 3. The van der Waals surface area contributed by atoms with Crippen LogP contribution in [0.25, 0.3) is 5.70 Å². The van der Waals surface area contributed by atoms with Crippen LogP contribution in [0.1, 0.15) is 18.9 Å². The topological polar surface area (TPSA) is 30.5 Å². The Bertz CT molecular complexity index is 440. The first kappa shape index (κ1) is 12.6. The standard InChI is InChI=1S/C12H12F3NO2/c1-2-11-16-10(7-17-11)8-3-5-9(6-4-8)18-12(13,14)15/h3-7,11,16H,2H2,1H3. The highest BCUT2D eigenvalue weighted by atomic mass is 19.4. The van der Waals surface area contributed by atoms with Gasteiger partial charge in [0.2, 0.25) is 0 Å². The van der Waals surface area contributed by atoms with Crippen LogP contribution < -0.4 is 10.1 Å². The van der Waals surface area contributed by atoms with E-state index < -0.39 is 6.36 Å². The van der Waals surface area contributed by atoms with Crippen molar-refractivity contribution in [2.45, 2.75) is 25.9 Å². The lowest BCUT2D eigenvalue weighted by Crippen LogP contribution is -2.22. The number of hydrogen-bond donors (Lipinski definition) is 1. The summed E-state index contributed by atoms with van der Waals surface area (Å²) in [5.41, 5.74) is 1.50. The summed E-state index contributed by atoms with van der Waals surface area (Å²) in [6.45, 7) is 1.97. The average Bonchev–Trinajstić information content (AvgIpc) is 2.76. The number of benzene rings is 1. The summed E-state index contributed by atoms with van der Waals surface area (Å²) >= 11 is 0. The van der Waals surface area contributed by atoms with E-state index in [-0.39, 0.29) is 12.0 Å². The number of hydrogen-bond acceptors (Lipinski definition) is 3. The highest BCUT2D eigenvalue weighted by molar-refractivity contribution is 5.64. The van der Waals surface area contributed by atoms with E-state index in [2.05, 4.69) is 10.1 Å². The second-order valence-electron chi connectivity index (χ2n) is 3.78. The molecule has 0 aliphatic carbocycles. The van der Waals surface area contributed by atoms with Crippen LogP contribution in [0.3, 0.4) is 0 Å². The maximum atomic E-state index is 12.0. The molecule has 2 rings (SSSR count). The normalized spacial score (nSPS) is 18.9. The molecule has 0 saturated carbocycles. The summed E-state index contributed by atoms with van der Waals surface area (Å²) in [6, 6.07) is 5.62. The summed E-state index contributed by atoms with van der Waals surface area (Å²) in [5.74, 6) is -0.238. The van der Waals surface area contributed by atoms with Crippen LogP contribution in [0.4, 0.5) is 13.2 Å². The third kappa shape index (κ3) is 3.09. The van der Waals surface area contributed by atoms with Crippen molar-refractivity contribution in [3.63, 3.8) is 0 Å². The largest absolute Gasteiger partial charge is 0.573 e. The Balaban J connectivity index is 2.05. The Morgan fingerprint density at radius 1 is 1.28 bits per heavy atom. The molecule has 6 heteroatoms. The number of halogens is 3. The SMILES string of the molecule is CCC1NC(c2ccc(OC(F)(F)F)cc2)=CO1. The van der Waals surface area contributed by atoms with E-state index in [1.807, 2.05) is 6.92 Å². The van der Waals surface area contributed by atoms with Crippen molar-refractivity contribution < 1.29 is 22.6 Å². The molecule has 98 valence electrons. The van der Waals surface area contributed by atoms with Crippen molar-refractivity contribution in [3.8, 4) is 5.75 Å². The van der Waals surface area contributed by atoms with E-state index in [1.165, 1.54) is 12.1 Å². The molecule has 0 bridgehead atoms. The molecule has 0 aromatic heterocycles. The van der Waals surface area contributed by atoms with E-state index in [0.717, 1.165) is 17.7 Å². The fraction of sp³-hybridized carbons (Fsp3) is 0.333. The molecule has 0 fully saturated rings. The second-order valence-corrected chi connectivity index (χ2v) is 3.78. The zero-order chi connectivity index (χ0) is 13.2. The molecule has 3 nitrogen and oxygen atoms in total. The number of ether oxygens (including phenoxy) is 2. The van der Waals surface area contributed by atoms with Crippen molar-refractivity contribution in [2.75, 3.05) is 0 Å². The predicted molar refractivity (Wildman–Crippen MR) is 59.4 cm³/mol. The molecule has 1 aliphatic heterocycles. The van der Waals surface area contributed by atoms with Crippen molar-refractivity contribution in [1.29, 1.82) is 0 Å². The molecule has 1 aromatic carbocycles. The minimum absolute atomic E-state index is 0.0777. The summed E-state index contributed by atoms with van der Waals surface area (Å²) in [7, 11) is 0. The van der Waals surface area contributed by atoms with E-state index in [4.69, 9.17) is 4.74 Å². The second kappa shape index (κ2) is 4.80. The van der Waals surface area contributed by atoms with Crippen LogP contribution in [-0.2, 0) is 4.74 Å². The molecule has 18 heavy (non-hydrogen) atoms. The van der Waals surface area contributed by atoms with Gasteiger partial charge in [0.15, 0.2) is 6.23 Å². The van der Waals surface area contributed by atoms with Gasteiger partial charge in [-0.2, -0.15) is 0 Å². The molecular formula is C12H12F3NO2. The third-order valence-corrected chi connectivity index (χ3v) is 2.44. The van der Waals surface area contributed by atoms with Crippen LogP contribution in [0.2, 0.25) is 0 Å². The summed E-state index contributed by atoms with van der Waals surface area (Å²) in [5, 5.41) is 3.10. The van der Waals surface area contributed by atoms with Gasteiger partial charge in [-0.3, -0.25) is 0 Å². The quantitative estimate of drug-likeness (QED) is 0.903. The minimum atomic E-state index is -4.66. The summed E-state index contributed by atoms with van der Waals surface area (Å²) in [4.78, 5) is 0. The third-order valence-electron chi connectivity index (χ3n) is 2.44. The minimum Gasteiger partial charge on any atom is -0.476 e. The molecule has 0 spiro atoms. The van der Waals surface area contributed by atoms with Gasteiger partial charge in [-0.15, -0.1) is 13.2 Å². The molecule has 1 heterocycles. The van der Waals surface area contributed by atoms with Gasteiger partial charge < -0.3 is 14.8 Å². The Morgan fingerprint density at radius 2 is 1.94 bits per heavy atom. The molecule has 1 aromatic rings. The van der Waals surface area contributed by atoms with Crippen LogP contribution in [-0.4, -0.2) is 12.6 Å². The Labute approximate surface area is 102 Å². The highest BCUT2D eigenvalue weighted by Gasteiger charge is 2.31. The van der Waals surface area contributed by atoms with Gasteiger partial charge in [0.05, 0.1) is 5.70 Å². The highest BCUT2D eigenvalue weighted by Crippen LogP contribution is 2.25. The Kier molecular flexibility index (Phi) is 3.36. The van der Waals surface area contributed by atoms with Crippen LogP contribution in [0.5, 0.6) is 5.75 Å². The lowest BCUT2D eigenvalue weighted by atomic mass is 10.1. The zero-order valence-corrected chi connectivity index (χ0v) is 9.62. The van der Waals surface area contributed by atoms with Crippen LogP contribution >= 0.6 is 0 Å². The lowest BCUT2D eigenvalue weighted by Gasteiger charge is -2.11.